The molecule has 0 atom stereocenters. The molecule has 9 nitrogen and oxygen atoms in total. The average molecular weight is 594 g/mol. The van der Waals surface area contributed by atoms with Gasteiger partial charge >= 0.3 is 6.09 Å². The number of thiazole rings is 1. The van der Waals surface area contributed by atoms with Crippen LogP contribution in [0.5, 0.6) is 0 Å². The molecule has 1 saturated heterocycles. The molecule has 34 heavy (non-hydrogen) atoms. The van der Waals surface area contributed by atoms with Crippen LogP contribution in [0.4, 0.5) is 9.93 Å². The van der Waals surface area contributed by atoms with Gasteiger partial charge in [0.1, 0.15) is 9.81 Å². The molecule has 3 rings (SSSR count). The minimum absolute atomic E-state index is 0.0843. The summed E-state index contributed by atoms with van der Waals surface area (Å²) in [5, 5.41) is 3.14. The summed E-state index contributed by atoms with van der Waals surface area (Å²) >= 11 is 5.96. The number of halogens is 1. The van der Waals surface area contributed by atoms with E-state index in [-0.39, 0.29) is 16.2 Å². The Morgan fingerprint density at radius 3 is 2.44 bits per heavy atom. The normalized spacial score (nSPS) is 15.9. The maximum absolute atomic E-state index is 13.4. The maximum atomic E-state index is 13.4. The number of aromatic nitrogens is 1. The number of nitrogens with zero attached hydrogens (tertiary/aromatic N) is 3. The molecule has 1 fully saturated rings. The van der Waals surface area contributed by atoms with E-state index in [1.165, 1.54) is 22.6 Å². The fourth-order valence-corrected chi connectivity index (χ4v) is 8.77. The van der Waals surface area contributed by atoms with Gasteiger partial charge in [-0.2, -0.15) is 4.31 Å². The minimum Gasteiger partial charge on any atom is -0.444 e. The van der Waals surface area contributed by atoms with Gasteiger partial charge < -0.3 is 15.0 Å². The third-order valence-electron chi connectivity index (χ3n) is 5.24. The zero-order valence-corrected chi connectivity index (χ0v) is 24.0. The fourth-order valence-electron chi connectivity index (χ4n) is 3.56. The van der Waals surface area contributed by atoms with Gasteiger partial charge in [-0.25, -0.2) is 18.2 Å². The van der Waals surface area contributed by atoms with E-state index in [4.69, 9.17) is 4.74 Å². The van der Waals surface area contributed by atoms with Crippen LogP contribution in [0.25, 0.3) is 10.4 Å². The van der Waals surface area contributed by atoms with Gasteiger partial charge in [-0.3, -0.25) is 4.79 Å². The number of aryl methyl sites for hydroxylation is 1. The highest BCUT2D eigenvalue weighted by Gasteiger charge is 2.35. The third-order valence-corrected chi connectivity index (χ3v) is 10.5. The van der Waals surface area contributed by atoms with Crippen LogP contribution in [0, 0.1) is 6.92 Å². The summed E-state index contributed by atoms with van der Waals surface area (Å²) in [6.07, 6.45) is 0.657. The molecule has 0 bridgehead atoms. The number of ether oxygens (including phenoxy) is 1. The largest absolute Gasteiger partial charge is 0.444 e. The number of hydrogen-bond acceptors (Lipinski definition) is 8. The van der Waals surface area contributed by atoms with Crippen molar-refractivity contribution in [3.8, 4) is 10.4 Å². The van der Waals surface area contributed by atoms with E-state index in [0.717, 1.165) is 21.8 Å². The Hall–Kier alpha value is -1.54. The van der Waals surface area contributed by atoms with E-state index < -0.39 is 21.7 Å². The number of hydrogen-bond donors (Lipinski definition) is 1. The molecule has 1 aliphatic heterocycles. The Balaban J connectivity index is 1.73. The predicted molar refractivity (Wildman–Crippen MR) is 138 cm³/mol. The molecule has 0 radical (unpaired) electrons. The van der Waals surface area contributed by atoms with E-state index >= 15 is 0 Å². The van der Waals surface area contributed by atoms with Gasteiger partial charge in [0, 0.05) is 38.7 Å². The molecule has 0 saturated carbocycles. The summed E-state index contributed by atoms with van der Waals surface area (Å²) in [5.41, 5.74) is 0.857. The Morgan fingerprint density at radius 2 is 1.88 bits per heavy atom. The first kappa shape index (κ1) is 27.1. The van der Waals surface area contributed by atoms with Gasteiger partial charge in [-0.15, -0.1) is 11.3 Å². The van der Waals surface area contributed by atoms with E-state index in [1.807, 2.05) is 27.7 Å². The first-order valence-electron chi connectivity index (χ1n) is 10.7. The van der Waals surface area contributed by atoms with Crippen LogP contribution < -0.4 is 5.32 Å². The maximum Gasteiger partial charge on any atom is 0.410 e. The van der Waals surface area contributed by atoms with Crippen molar-refractivity contribution < 1.29 is 22.7 Å². The highest BCUT2D eigenvalue weighted by Crippen LogP contribution is 2.43. The number of anilines is 1. The number of carbonyl (C=O) groups excluding carboxylic acids is 2. The summed E-state index contributed by atoms with van der Waals surface area (Å²) < 4.78 is 34.5. The number of amides is 2. The number of nitrogens with one attached hydrogen (secondary N) is 1. The lowest BCUT2D eigenvalue weighted by molar-refractivity contribution is -0.114. The molecule has 2 amide bonds. The number of sulfonamides is 1. The van der Waals surface area contributed by atoms with Gasteiger partial charge in [-0.1, -0.05) is 11.3 Å². The van der Waals surface area contributed by atoms with E-state index in [2.05, 4.69) is 26.2 Å². The van der Waals surface area contributed by atoms with E-state index in [1.54, 1.807) is 18.0 Å². The van der Waals surface area contributed by atoms with Crippen LogP contribution in [0.2, 0.25) is 0 Å². The zero-order valence-electron chi connectivity index (χ0n) is 20.0. The lowest BCUT2D eigenvalue weighted by Gasteiger charge is -2.36. The van der Waals surface area contributed by atoms with Crippen LogP contribution in [-0.2, 0) is 19.6 Å². The third kappa shape index (κ3) is 6.17. The van der Waals surface area contributed by atoms with Crippen molar-refractivity contribution in [2.45, 2.75) is 63.3 Å². The van der Waals surface area contributed by atoms with Crippen molar-refractivity contribution in [1.82, 2.24) is 14.2 Å². The van der Waals surface area contributed by atoms with Gasteiger partial charge in [0.2, 0.25) is 5.91 Å². The highest BCUT2D eigenvalue weighted by molar-refractivity contribution is 9.11. The van der Waals surface area contributed by atoms with Crippen LogP contribution in [0.15, 0.2) is 14.1 Å². The topological polar surface area (TPSA) is 109 Å². The van der Waals surface area contributed by atoms with Crippen molar-refractivity contribution in [3.05, 3.63) is 15.5 Å². The molecule has 13 heteroatoms. The quantitative estimate of drug-likeness (QED) is 0.527. The molecule has 0 unspecified atom stereocenters. The molecule has 0 aliphatic carbocycles. The lowest BCUT2D eigenvalue weighted by Crippen LogP contribution is -2.48. The monoisotopic (exact) mass is 592 g/mol. The number of rotatable bonds is 5. The Morgan fingerprint density at radius 1 is 1.26 bits per heavy atom. The van der Waals surface area contributed by atoms with Gasteiger partial charge in [-0.05, 0) is 62.5 Å². The number of carbonyl (C=O) groups is 2. The SMILES string of the molecule is CC(=O)Nc1nc(C)c(-c2cc(S(=O)(=O)N3CCC(N(C)C(=O)OC(C)(C)C)CC3)sc2Br)s1. The first-order chi connectivity index (χ1) is 15.7. The first-order valence-corrected chi connectivity index (χ1v) is 14.6. The van der Waals surface area contributed by atoms with Crippen LogP contribution in [-0.4, -0.2) is 66.4 Å². The molecule has 2 aromatic heterocycles. The van der Waals surface area contributed by atoms with Crippen molar-refractivity contribution >= 4 is 65.8 Å². The molecule has 188 valence electrons. The van der Waals surface area contributed by atoms with Crippen molar-refractivity contribution in [3.63, 3.8) is 0 Å². The second-order valence-corrected chi connectivity index (χ2v) is 14.6. The molecule has 2 aromatic rings. The van der Waals surface area contributed by atoms with E-state index in [9.17, 15) is 18.0 Å². The van der Waals surface area contributed by atoms with Crippen LogP contribution in [0.3, 0.4) is 0 Å². The smallest absolute Gasteiger partial charge is 0.410 e. The van der Waals surface area contributed by atoms with Gasteiger partial charge in [0.15, 0.2) is 5.13 Å². The predicted octanol–water partition coefficient (Wildman–Crippen LogP) is 4.92. The number of piperidine rings is 1. The molecular weight excluding hydrogens is 564 g/mol. The summed E-state index contributed by atoms with van der Waals surface area (Å²) in [4.78, 5) is 30.4. The van der Waals surface area contributed by atoms with Crippen molar-refractivity contribution in [2.24, 2.45) is 0 Å². The average Bonchev–Trinajstić information content (AvgIpc) is 3.28. The Bertz CT molecular complexity index is 1180. The lowest BCUT2D eigenvalue weighted by atomic mass is 10.1. The summed E-state index contributed by atoms with van der Waals surface area (Å²) in [5.74, 6) is -0.214. The Labute approximate surface area is 216 Å². The van der Waals surface area contributed by atoms with E-state index in [0.29, 0.717) is 40.5 Å². The van der Waals surface area contributed by atoms with Crippen molar-refractivity contribution in [2.75, 3.05) is 25.5 Å². The van der Waals surface area contributed by atoms with Crippen molar-refractivity contribution in [1.29, 1.82) is 0 Å². The molecule has 1 N–H and O–H groups in total. The molecule has 3 heterocycles. The summed E-state index contributed by atoms with van der Waals surface area (Å²) in [6.45, 7) is 9.31. The zero-order chi connectivity index (χ0) is 25.4. The molecule has 0 aromatic carbocycles. The second-order valence-electron chi connectivity index (χ2n) is 9.09. The van der Waals surface area contributed by atoms with Gasteiger partial charge in [0.05, 0.1) is 14.4 Å². The fraction of sp³-hybridized carbons (Fsp3) is 0.571. The Kier molecular flexibility index (Phi) is 8.13. The molecular formula is C21H29BrN4O5S3. The number of thiophene rings is 1. The second kappa shape index (κ2) is 10.2. The standard InChI is InChI=1S/C21H29BrN4O5S3/c1-12-17(33-19(23-12)24-13(2)27)15-11-16(32-18(15)22)34(29,30)26-9-7-14(8-10-26)25(6)20(28)31-21(3,4)5/h11,14H,7-10H2,1-6H3,(H,23,24,27). The molecule has 1 aliphatic rings. The summed E-state index contributed by atoms with van der Waals surface area (Å²) in [7, 11) is -2.00. The van der Waals surface area contributed by atoms with Gasteiger partial charge in [0.25, 0.3) is 10.0 Å². The van der Waals surface area contributed by atoms with Crippen LogP contribution in [0.1, 0.15) is 46.2 Å². The summed E-state index contributed by atoms with van der Waals surface area (Å²) in [6, 6.07) is 1.57. The minimum atomic E-state index is -3.69. The highest BCUT2D eigenvalue weighted by atomic mass is 79.9. The molecule has 0 spiro atoms. The van der Waals surface area contributed by atoms with Crippen LogP contribution >= 0.6 is 38.6 Å².